The molecule has 2 aromatic rings. The highest BCUT2D eigenvalue weighted by atomic mass is 16.6. The Kier molecular flexibility index (Phi) is 6.34. The monoisotopic (exact) mass is 440 g/mol. The van der Waals surface area contributed by atoms with Gasteiger partial charge in [-0.3, -0.25) is 9.59 Å². The summed E-state index contributed by atoms with van der Waals surface area (Å²) in [4.78, 5) is 28.5. The molecule has 0 aliphatic carbocycles. The molecule has 0 saturated carbocycles. The zero-order valence-electron chi connectivity index (χ0n) is 18.5. The van der Waals surface area contributed by atoms with Crippen molar-refractivity contribution >= 4 is 11.8 Å². The Labute approximate surface area is 187 Å². The number of hydrogen-bond acceptors (Lipinski definition) is 6. The molecule has 3 atom stereocenters. The van der Waals surface area contributed by atoms with Crippen LogP contribution in [0.2, 0.25) is 0 Å². The van der Waals surface area contributed by atoms with Crippen molar-refractivity contribution in [3.63, 3.8) is 0 Å². The number of carbonyl (C=O) groups excluding carboxylic acids is 2. The van der Waals surface area contributed by atoms with Gasteiger partial charge in [-0.15, -0.1) is 0 Å². The summed E-state index contributed by atoms with van der Waals surface area (Å²) in [5.41, 5.74) is 0.418. The van der Waals surface area contributed by atoms with Crippen LogP contribution in [0.3, 0.4) is 0 Å². The molecule has 0 bridgehead atoms. The van der Waals surface area contributed by atoms with Crippen molar-refractivity contribution in [2.75, 3.05) is 34.0 Å². The summed E-state index contributed by atoms with van der Waals surface area (Å²) in [5.74, 6) is 0.700. The number of amides is 2. The average molecular weight is 440 g/mol. The Morgan fingerprint density at radius 3 is 2.69 bits per heavy atom. The van der Waals surface area contributed by atoms with Crippen LogP contribution in [0.5, 0.6) is 11.5 Å². The Morgan fingerprint density at radius 2 is 1.91 bits per heavy atom. The quantitative estimate of drug-likeness (QED) is 0.710. The summed E-state index contributed by atoms with van der Waals surface area (Å²) in [6, 6.07) is 14.9. The minimum absolute atomic E-state index is 0.0269. The average Bonchev–Trinajstić information content (AvgIpc) is 3.15. The van der Waals surface area contributed by atoms with E-state index in [1.54, 1.807) is 21.1 Å². The molecule has 32 heavy (non-hydrogen) atoms. The van der Waals surface area contributed by atoms with Crippen LogP contribution >= 0.6 is 0 Å². The fourth-order valence-electron chi connectivity index (χ4n) is 4.21. The first-order valence-electron chi connectivity index (χ1n) is 10.6. The Morgan fingerprint density at radius 1 is 1.16 bits per heavy atom. The van der Waals surface area contributed by atoms with E-state index in [-0.39, 0.29) is 38.1 Å². The number of para-hydroxylation sites is 2. The predicted molar refractivity (Wildman–Crippen MR) is 116 cm³/mol. The smallest absolute Gasteiger partial charge is 0.267 e. The Balaban J connectivity index is 1.59. The number of carbonyl (C=O) groups is 2. The van der Waals surface area contributed by atoms with Crippen LogP contribution in [0.1, 0.15) is 24.2 Å². The molecule has 2 aliphatic rings. The molecular formula is C24H28N2O6. The predicted octanol–water partition coefficient (Wildman–Crippen LogP) is 2.08. The fraction of sp³-hybridized carbons (Fsp3) is 0.417. The molecule has 1 N–H and O–H groups in total. The maximum absolute atomic E-state index is 13.6. The summed E-state index contributed by atoms with van der Waals surface area (Å²) in [7, 11) is 3.14. The molecule has 0 aromatic heterocycles. The summed E-state index contributed by atoms with van der Waals surface area (Å²) in [6.07, 6.45) is -1.40. The van der Waals surface area contributed by atoms with Gasteiger partial charge in [-0.2, -0.15) is 0 Å². The summed E-state index contributed by atoms with van der Waals surface area (Å²) in [5, 5.41) is 2.95. The van der Waals surface area contributed by atoms with Crippen molar-refractivity contribution in [1.29, 1.82) is 0 Å². The molecule has 3 unspecified atom stereocenters. The van der Waals surface area contributed by atoms with Gasteiger partial charge in [0.05, 0.1) is 20.3 Å². The number of ether oxygens (including phenoxy) is 4. The van der Waals surface area contributed by atoms with Gasteiger partial charge in [-0.1, -0.05) is 36.4 Å². The number of rotatable bonds is 7. The van der Waals surface area contributed by atoms with Crippen molar-refractivity contribution in [3.8, 4) is 11.5 Å². The zero-order chi connectivity index (χ0) is 22.7. The lowest BCUT2D eigenvalue weighted by Crippen LogP contribution is -2.62. The SMILES string of the molecule is COCCN1C(=O)C2Oc3ccccc3C2OCC1(C)C(=O)NCc1ccccc1OC. The molecule has 2 amide bonds. The van der Waals surface area contributed by atoms with Crippen LogP contribution in [0.4, 0.5) is 0 Å². The third kappa shape index (κ3) is 3.91. The second kappa shape index (κ2) is 9.18. The number of fused-ring (bicyclic) bond motifs is 3. The molecule has 2 aromatic carbocycles. The normalized spacial score (nSPS) is 24.2. The Hall–Kier alpha value is -3.10. The minimum Gasteiger partial charge on any atom is -0.496 e. The van der Waals surface area contributed by atoms with Crippen LogP contribution in [-0.2, 0) is 25.6 Å². The van der Waals surface area contributed by atoms with Gasteiger partial charge in [-0.05, 0) is 19.1 Å². The molecule has 0 spiro atoms. The number of nitrogens with one attached hydrogen (secondary N) is 1. The van der Waals surface area contributed by atoms with Crippen molar-refractivity contribution in [2.45, 2.75) is 31.2 Å². The second-order valence-electron chi connectivity index (χ2n) is 8.06. The second-order valence-corrected chi connectivity index (χ2v) is 8.06. The fourth-order valence-corrected chi connectivity index (χ4v) is 4.21. The first kappa shape index (κ1) is 22.1. The van der Waals surface area contributed by atoms with Crippen molar-refractivity contribution in [1.82, 2.24) is 10.2 Å². The topological polar surface area (TPSA) is 86.3 Å². The van der Waals surface area contributed by atoms with Gasteiger partial charge in [-0.25, -0.2) is 0 Å². The lowest BCUT2D eigenvalue weighted by atomic mass is 9.98. The Bertz CT molecular complexity index is 996. The molecule has 4 rings (SSSR count). The molecule has 8 heteroatoms. The van der Waals surface area contributed by atoms with Gasteiger partial charge in [0.2, 0.25) is 12.0 Å². The first-order chi connectivity index (χ1) is 15.5. The van der Waals surface area contributed by atoms with Gasteiger partial charge in [0.1, 0.15) is 23.1 Å². The standard InChI is InChI=1S/C24H28N2O6/c1-24(23(28)25-14-16-8-4-6-10-18(16)30-3)15-31-20-17-9-5-7-11-19(17)32-21(20)22(27)26(24)12-13-29-2/h4-11,20-21H,12-15H2,1-3H3,(H,25,28). The van der Waals surface area contributed by atoms with Crippen molar-refractivity contribution in [3.05, 3.63) is 59.7 Å². The molecule has 1 saturated heterocycles. The van der Waals surface area contributed by atoms with Gasteiger partial charge in [0, 0.05) is 31.3 Å². The third-order valence-electron chi connectivity index (χ3n) is 6.04. The zero-order valence-corrected chi connectivity index (χ0v) is 18.5. The van der Waals surface area contributed by atoms with E-state index >= 15 is 0 Å². The lowest BCUT2D eigenvalue weighted by molar-refractivity contribution is -0.151. The maximum Gasteiger partial charge on any atom is 0.267 e. The summed E-state index contributed by atoms with van der Waals surface area (Å²) in [6.45, 7) is 2.52. The highest BCUT2D eigenvalue weighted by Gasteiger charge is 2.53. The molecule has 0 radical (unpaired) electrons. The van der Waals surface area contributed by atoms with Gasteiger partial charge in [0.15, 0.2) is 0 Å². The minimum atomic E-state index is -1.24. The van der Waals surface area contributed by atoms with Crippen molar-refractivity contribution in [2.24, 2.45) is 0 Å². The maximum atomic E-state index is 13.6. The molecule has 2 aliphatic heterocycles. The van der Waals surface area contributed by atoms with Crippen LogP contribution in [0.15, 0.2) is 48.5 Å². The van der Waals surface area contributed by atoms with Crippen LogP contribution < -0.4 is 14.8 Å². The molecule has 2 heterocycles. The van der Waals surface area contributed by atoms with E-state index in [1.807, 2.05) is 48.5 Å². The highest BCUT2D eigenvalue weighted by Crippen LogP contribution is 2.42. The number of hydrogen-bond donors (Lipinski definition) is 1. The lowest BCUT2D eigenvalue weighted by Gasteiger charge is -2.38. The molecule has 1 fully saturated rings. The van der Waals surface area contributed by atoms with Crippen molar-refractivity contribution < 1.29 is 28.5 Å². The van der Waals surface area contributed by atoms with E-state index in [1.165, 1.54) is 4.90 Å². The number of nitrogens with zero attached hydrogens (tertiary/aromatic N) is 1. The highest BCUT2D eigenvalue weighted by molar-refractivity contribution is 5.94. The van der Waals surface area contributed by atoms with E-state index in [2.05, 4.69) is 5.32 Å². The number of methoxy groups -OCH3 is 2. The molecule has 8 nitrogen and oxygen atoms in total. The molecular weight excluding hydrogens is 412 g/mol. The molecule has 170 valence electrons. The van der Waals surface area contributed by atoms with Gasteiger partial charge < -0.3 is 29.2 Å². The van der Waals surface area contributed by atoms with Gasteiger partial charge >= 0.3 is 0 Å². The third-order valence-corrected chi connectivity index (χ3v) is 6.04. The van der Waals surface area contributed by atoms with E-state index in [9.17, 15) is 9.59 Å². The van der Waals surface area contributed by atoms with E-state index in [0.29, 0.717) is 11.5 Å². The van der Waals surface area contributed by atoms with E-state index in [4.69, 9.17) is 18.9 Å². The first-order valence-corrected chi connectivity index (χ1v) is 10.6. The van der Waals surface area contributed by atoms with Crippen LogP contribution in [0, 0.1) is 0 Å². The number of benzene rings is 2. The van der Waals surface area contributed by atoms with Gasteiger partial charge in [0.25, 0.3) is 5.91 Å². The van der Waals surface area contributed by atoms with Crippen LogP contribution in [0.25, 0.3) is 0 Å². The summed E-state index contributed by atoms with van der Waals surface area (Å²) >= 11 is 0. The van der Waals surface area contributed by atoms with E-state index in [0.717, 1.165) is 11.1 Å². The summed E-state index contributed by atoms with van der Waals surface area (Å²) < 4.78 is 22.7. The van der Waals surface area contributed by atoms with E-state index < -0.39 is 17.7 Å². The van der Waals surface area contributed by atoms with Crippen LogP contribution in [-0.4, -0.2) is 62.3 Å². The largest absolute Gasteiger partial charge is 0.496 e.